The molecule has 0 radical (unpaired) electrons. The molecule has 1 aliphatic rings. The number of hydrogen-bond acceptors (Lipinski definition) is 5. The lowest BCUT2D eigenvalue weighted by atomic mass is 10.1. The normalized spacial score (nSPS) is 15.9. The van der Waals surface area contributed by atoms with Gasteiger partial charge in [0.2, 0.25) is 10.0 Å². The summed E-state index contributed by atoms with van der Waals surface area (Å²) >= 11 is 0. The lowest BCUT2D eigenvalue weighted by Crippen LogP contribution is -2.29. The number of para-hydroxylation sites is 1. The lowest BCUT2D eigenvalue weighted by molar-refractivity contribution is 0.0935. The molecule has 2 aromatic carbocycles. The number of furan rings is 1. The first kappa shape index (κ1) is 20.4. The largest absolute Gasteiger partial charge is 0.495 e. The molecule has 1 aliphatic heterocycles. The molecule has 1 saturated heterocycles. The Morgan fingerprint density at radius 2 is 1.87 bits per heavy atom. The predicted molar refractivity (Wildman–Crippen MR) is 113 cm³/mol. The van der Waals surface area contributed by atoms with Crippen LogP contribution in [0.3, 0.4) is 0 Å². The maximum atomic E-state index is 13.0. The van der Waals surface area contributed by atoms with Crippen LogP contribution in [0, 0.1) is 0 Å². The molecule has 1 atom stereocenters. The fourth-order valence-corrected chi connectivity index (χ4v) is 5.35. The summed E-state index contributed by atoms with van der Waals surface area (Å²) in [7, 11) is -2.31. The first-order valence-corrected chi connectivity index (χ1v) is 11.3. The van der Waals surface area contributed by atoms with Crippen molar-refractivity contribution in [2.24, 2.45) is 0 Å². The SMILES string of the molecule is COc1ccc(C(=O)N[C@H](C)c2cc3ccccc3o2)cc1S(=O)(=O)N1CCCC1. The van der Waals surface area contributed by atoms with Crippen molar-refractivity contribution >= 4 is 26.9 Å². The minimum atomic E-state index is -3.73. The van der Waals surface area contributed by atoms with Crippen LogP contribution in [-0.2, 0) is 10.0 Å². The molecular formula is C22H24N2O5S. The van der Waals surface area contributed by atoms with Gasteiger partial charge < -0.3 is 14.5 Å². The van der Waals surface area contributed by atoms with E-state index >= 15 is 0 Å². The van der Waals surface area contributed by atoms with Gasteiger partial charge in [0.05, 0.1) is 13.2 Å². The van der Waals surface area contributed by atoms with Crippen molar-refractivity contribution in [2.45, 2.75) is 30.7 Å². The molecule has 1 fully saturated rings. The van der Waals surface area contributed by atoms with Crippen molar-refractivity contribution in [1.82, 2.24) is 9.62 Å². The zero-order valence-corrected chi connectivity index (χ0v) is 17.7. The van der Waals surface area contributed by atoms with E-state index in [9.17, 15) is 13.2 Å². The van der Waals surface area contributed by atoms with Crippen LogP contribution in [0.1, 0.15) is 41.9 Å². The zero-order chi connectivity index (χ0) is 21.3. The molecule has 158 valence electrons. The van der Waals surface area contributed by atoms with Crippen LogP contribution in [0.15, 0.2) is 57.8 Å². The molecule has 1 N–H and O–H groups in total. The summed E-state index contributed by atoms with van der Waals surface area (Å²) in [4.78, 5) is 12.9. The van der Waals surface area contributed by atoms with Gasteiger partial charge in [0.25, 0.3) is 5.91 Å². The average molecular weight is 429 g/mol. The Morgan fingerprint density at radius 1 is 1.13 bits per heavy atom. The molecule has 4 rings (SSSR count). The number of carbonyl (C=O) groups is 1. The number of hydrogen-bond donors (Lipinski definition) is 1. The Hall–Kier alpha value is -2.84. The second-order valence-corrected chi connectivity index (χ2v) is 9.26. The lowest BCUT2D eigenvalue weighted by Gasteiger charge is -2.18. The van der Waals surface area contributed by atoms with Gasteiger partial charge in [-0.25, -0.2) is 8.42 Å². The minimum Gasteiger partial charge on any atom is -0.495 e. The summed E-state index contributed by atoms with van der Waals surface area (Å²) < 4.78 is 38.6. The number of rotatable bonds is 6. The van der Waals surface area contributed by atoms with Crippen molar-refractivity contribution in [3.63, 3.8) is 0 Å². The number of fused-ring (bicyclic) bond motifs is 1. The Morgan fingerprint density at radius 3 is 2.57 bits per heavy atom. The van der Waals surface area contributed by atoms with E-state index in [0.717, 1.165) is 23.8 Å². The number of methoxy groups -OCH3 is 1. The van der Waals surface area contributed by atoms with Gasteiger partial charge in [-0.3, -0.25) is 4.79 Å². The molecule has 1 aromatic heterocycles. The predicted octanol–water partition coefficient (Wildman–Crippen LogP) is 3.72. The van der Waals surface area contributed by atoms with E-state index in [1.54, 1.807) is 6.07 Å². The van der Waals surface area contributed by atoms with Gasteiger partial charge in [-0.1, -0.05) is 18.2 Å². The molecule has 7 nitrogen and oxygen atoms in total. The maximum Gasteiger partial charge on any atom is 0.251 e. The van der Waals surface area contributed by atoms with Crippen molar-refractivity contribution < 1.29 is 22.4 Å². The monoisotopic (exact) mass is 428 g/mol. The van der Waals surface area contributed by atoms with E-state index in [2.05, 4.69) is 5.32 Å². The quantitative estimate of drug-likeness (QED) is 0.646. The third kappa shape index (κ3) is 3.80. The summed E-state index contributed by atoms with van der Waals surface area (Å²) in [6.45, 7) is 2.77. The fraction of sp³-hybridized carbons (Fsp3) is 0.318. The van der Waals surface area contributed by atoms with Crippen molar-refractivity contribution in [1.29, 1.82) is 0 Å². The Kier molecular flexibility index (Phi) is 5.53. The molecule has 30 heavy (non-hydrogen) atoms. The highest BCUT2D eigenvalue weighted by Crippen LogP contribution is 2.30. The van der Waals surface area contributed by atoms with E-state index < -0.39 is 10.0 Å². The van der Waals surface area contributed by atoms with Crippen LogP contribution < -0.4 is 10.1 Å². The van der Waals surface area contributed by atoms with Crippen LogP contribution in [0.25, 0.3) is 11.0 Å². The van der Waals surface area contributed by atoms with Gasteiger partial charge in [0, 0.05) is 24.0 Å². The van der Waals surface area contributed by atoms with Crippen LogP contribution in [-0.4, -0.2) is 38.8 Å². The summed E-state index contributed by atoms with van der Waals surface area (Å²) in [6.07, 6.45) is 1.66. The number of sulfonamides is 1. The van der Waals surface area contributed by atoms with Crippen LogP contribution in [0.5, 0.6) is 5.75 Å². The molecule has 1 amide bonds. The zero-order valence-electron chi connectivity index (χ0n) is 16.9. The third-order valence-electron chi connectivity index (χ3n) is 5.33. The van der Waals surface area contributed by atoms with E-state index in [1.165, 1.54) is 23.5 Å². The highest BCUT2D eigenvalue weighted by Gasteiger charge is 2.31. The average Bonchev–Trinajstić information content (AvgIpc) is 3.43. The molecule has 2 heterocycles. The Labute approximate surface area is 175 Å². The van der Waals surface area contributed by atoms with Gasteiger partial charge in [0.15, 0.2) is 0 Å². The number of nitrogens with zero attached hydrogens (tertiary/aromatic N) is 1. The fourth-order valence-electron chi connectivity index (χ4n) is 3.65. The third-order valence-corrected chi connectivity index (χ3v) is 7.25. The molecule has 0 aliphatic carbocycles. The van der Waals surface area contributed by atoms with Crippen molar-refractivity contribution in [3.05, 3.63) is 59.9 Å². The van der Waals surface area contributed by atoms with E-state index in [4.69, 9.17) is 9.15 Å². The van der Waals surface area contributed by atoms with Gasteiger partial charge in [0.1, 0.15) is 22.0 Å². The molecule has 0 bridgehead atoms. The van der Waals surface area contributed by atoms with Crippen LogP contribution in [0.2, 0.25) is 0 Å². The number of amides is 1. The van der Waals surface area contributed by atoms with E-state index in [-0.39, 0.29) is 28.2 Å². The number of nitrogens with one attached hydrogen (secondary N) is 1. The topological polar surface area (TPSA) is 88.8 Å². The molecular weight excluding hydrogens is 404 g/mol. The Balaban J connectivity index is 1.59. The number of ether oxygens (including phenoxy) is 1. The molecule has 8 heteroatoms. The smallest absolute Gasteiger partial charge is 0.251 e. The highest BCUT2D eigenvalue weighted by atomic mass is 32.2. The molecule has 3 aromatic rings. The summed E-state index contributed by atoms with van der Waals surface area (Å²) in [5.41, 5.74) is 0.994. The summed E-state index contributed by atoms with van der Waals surface area (Å²) in [6, 6.07) is 13.6. The standard InChI is InChI=1S/C22H24N2O5S/c1-15(20-13-16-7-3-4-8-18(16)29-20)23-22(25)17-9-10-19(28-2)21(14-17)30(26,27)24-11-5-6-12-24/h3-4,7-10,13-15H,5-6,11-12H2,1-2H3,(H,23,25)/t15-/m1/s1. The van der Waals surface area contributed by atoms with Crippen molar-refractivity contribution in [2.75, 3.05) is 20.2 Å². The summed E-state index contributed by atoms with van der Waals surface area (Å²) in [5.74, 6) is 0.468. The van der Waals surface area contributed by atoms with Crippen LogP contribution >= 0.6 is 0 Å². The highest BCUT2D eigenvalue weighted by molar-refractivity contribution is 7.89. The molecule has 0 spiro atoms. The summed E-state index contributed by atoms with van der Waals surface area (Å²) in [5, 5.41) is 3.83. The van der Waals surface area contributed by atoms with Gasteiger partial charge in [-0.05, 0) is 50.1 Å². The van der Waals surface area contributed by atoms with Crippen molar-refractivity contribution in [3.8, 4) is 5.75 Å². The van der Waals surface area contributed by atoms with Gasteiger partial charge >= 0.3 is 0 Å². The maximum absolute atomic E-state index is 13.0. The minimum absolute atomic E-state index is 0.0101. The van der Waals surface area contributed by atoms with Gasteiger partial charge in [-0.2, -0.15) is 4.31 Å². The molecule has 0 saturated carbocycles. The van der Waals surface area contributed by atoms with E-state index in [0.29, 0.717) is 18.8 Å². The molecule has 0 unspecified atom stereocenters. The first-order chi connectivity index (χ1) is 14.4. The van der Waals surface area contributed by atoms with Crippen LogP contribution in [0.4, 0.5) is 0 Å². The Bertz CT molecular complexity index is 1150. The number of benzene rings is 2. The first-order valence-electron chi connectivity index (χ1n) is 9.87. The van der Waals surface area contributed by atoms with E-state index in [1.807, 2.05) is 37.3 Å². The second kappa shape index (κ2) is 8.12. The second-order valence-electron chi connectivity index (χ2n) is 7.36. The number of carbonyl (C=O) groups excluding carboxylic acids is 1. The van der Waals surface area contributed by atoms with Gasteiger partial charge in [-0.15, -0.1) is 0 Å².